The monoisotopic (exact) mass is 396 g/mol. The van der Waals surface area contributed by atoms with E-state index in [0.717, 1.165) is 5.56 Å². The van der Waals surface area contributed by atoms with Gasteiger partial charge in [-0.15, -0.1) is 0 Å². The Morgan fingerprint density at radius 1 is 1.08 bits per heavy atom. The van der Waals surface area contributed by atoms with Crippen LogP contribution < -0.4 is 5.32 Å². The van der Waals surface area contributed by atoms with Gasteiger partial charge < -0.3 is 10.2 Å². The van der Waals surface area contributed by atoms with Gasteiger partial charge in [0.1, 0.15) is 11.9 Å². The Hall–Kier alpha value is -2.11. The van der Waals surface area contributed by atoms with Crippen molar-refractivity contribution in [1.82, 2.24) is 10.2 Å². The van der Waals surface area contributed by atoms with E-state index < -0.39 is 6.04 Å². The first-order valence-electron chi connectivity index (χ1n) is 8.01. The van der Waals surface area contributed by atoms with Crippen LogP contribution in [0.15, 0.2) is 42.5 Å². The summed E-state index contributed by atoms with van der Waals surface area (Å²) in [4.78, 5) is 26.3. The molecule has 0 fully saturated rings. The van der Waals surface area contributed by atoms with Gasteiger partial charge >= 0.3 is 0 Å². The van der Waals surface area contributed by atoms with Gasteiger partial charge in [0.25, 0.3) is 0 Å². The van der Waals surface area contributed by atoms with E-state index in [-0.39, 0.29) is 30.6 Å². The van der Waals surface area contributed by atoms with Crippen LogP contribution in [-0.2, 0) is 22.6 Å². The second-order valence-electron chi connectivity index (χ2n) is 5.86. The first-order chi connectivity index (χ1) is 12.3. The zero-order valence-corrected chi connectivity index (χ0v) is 15.9. The highest BCUT2D eigenvalue weighted by molar-refractivity contribution is 6.42. The fourth-order valence-electron chi connectivity index (χ4n) is 2.50. The molecule has 7 heteroatoms. The highest BCUT2D eigenvalue weighted by Gasteiger charge is 2.25. The van der Waals surface area contributed by atoms with Gasteiger partial charge in [0, 0.05) is 13.6 Å². The topological polar surface area (TPSA) is 49.4 Å². The number of amides is 2. The maximum Gasteiger partial charge on any atom is 0.242 e. The van der Waals surface area contributed by atoms with E-state index in [1.807, 2.05) is 0 Å². The predicted octanol–water partition coefficient (Wildman–Crippen LogP) is 3.84. The predicted molar refractivity (Wildman–Crippen MR) is 101 cm³/mol. The van der Waals surface area contributed by atoms with Crippen LogP contribution in [0, 0.1) is 5.82 Å². The molecule has 2 aromatic rings. The van der Waals surface area contributed by atoms with Crippen LogP contribution in [0.25, 0.3) is 0 Å². The van der Waals surface area contributed by atoms with Crippen molar-refractivity contribution >= 4 is 35.0 Å². The molecule has 0 radical (unpaired) electrons. The van der Waals surface area contributed by atoms with Gasteiger partial charge in [-0.25, -0.2) is 4.39 Å². The Bertz CT molecular complexity index is 797. The van der Waals surface area contributed by atoms with E-state index in [9.17, 15) is 14.0 Å². The lowest BCUT2D eigenvalue weighted by molar-refractivity contribution is -0.139. The van der Waals surface area contributed by atoms with Crippen molar-refractivity contribution in [2.24, 2.45) is 0 Å². The highest BCUT2D eigenvalue weighted by atomic mass is 35.5. The number of hydrogen-bond donors (Lipinski definition) is 1. The number of carbonyl (C=O) groups excluding carboxylic acids is 2. The number of likely N-dealkylation sites (N-methyl/N-ethyl adjacent to an activating group) is 1. The molecule has 2 rings (SSSR count). The zero-order chi connectivity index (χ0) is 19.3. The van der Waals surface area contributed by atoms with Crippen LogP contribution in [0.2, 0.25) is 10.0 Å². The first-order valence-corrected chi connectivity index (χ1v) is 8.77. The second kappa shape index (κ2) is 9.01. The molecule has 1 atom stereocenters. The Labute approximate surface area is 161 Å². The Morgan fingerprint density at radius 2 is 1.69 bits per heavy atom. The third-order valence-electron chi connectivity index (χ3n) is 4.02. The van der Waals surface area contributed by atoms with Gasteiger partial charge in [0.05, 0.1) is 16.5 Å². The summed E-state index contributed by atoms with van der Waals surface area (Å²) in [5.74, 6) is -0.889. The van der Waals surface area contributed by atoms with Crippen molar-refractivity contribution in [3.8, 4) is 0 Å². The standard InChI is InChI=1S/C19H19Cl2FN2O2/c1-12(19(26)23-2)24(11-13-3-6-15(22)7-4-13)18(25)10-14-5-8-16(20)17(21)9-14/h3-9,12H,10-11H2,1-2H3,(H,23,26)/t12-/m0/s1. The van der Waals surface area contributed by atoms with Crippen molar-refractivity contribution < 1.29 is 14.0 Å². The van der Waals surface area contributed by atoms with Crippen LogP contribution in [0.4, 0.5) is 4.39 Å². The highest BCUT2D eigenvalue weighted by Crippen LogP contribution is 2.23. The average molecular weight is 397 g/mol. The third kappa shape index (κ3) is 5.19. The SMILES string of the molecule is CNC(=O)[C@H](C)N(Cc1ccc(F)cc1)C(=O)Cc1ccc(Cl)c(Cl)c1. The van der Waals surface area contributed by atoms with Gasteiger partial charge in [0.15, 0.2) is 0 Å². The largest absolute Gasteiger partial charge is 0.357 e. The van der Waals surface area contributed by atoms with E-state index in [0.29, 0.717) is 15.6 Å². The van der Waals surface area contributed by atoms with E-state index in [4.69, 9.17) is 23.2 Å². The quantitative estimate of drug-likeness (QED) is 0.806. The Kier molecular flexibility index (Phi) is 7.00. The van der Waals surface area contributed by atoms with Crippen molar-refractivity contribution in [3.05, 3.63) is 69.5 Å². The smallest absolute Gasteiger partial charge is 0.242 e. The summed E-state index contributed by atoms with van der Waals surface area (Å²) in [7, 11) is 1.51. The fourth-order valence-corrected chi connectivity index (χ4v) is 2.82. The lowest BCUT2D eigenvalue weighted by atomic mass is 10.1. The average Bonchev–Trinajstić information content (AvgIpc) is 2.63. The number of rotatable bonds is 6. The molecule has 0 aliphatic rings. The summed E-state index contributed by atoms with van der Waals surface area (Å²) < 4.78 is 13.1. The van der Waals surface area contributed by atoms with Crippen LogP contribution in [0.1, 0.15) is 18.1 Å². The normalized spacial score (nSPS) is 11.7. The van der Waals surface area contributed by atoms with Gasteiger partial charge in [-0.1, -0.05) is 41.4 Å². The molecular formula is C19H19Cl2FN2O2. The molecule has 0 saturated carbocycles. The molecule has 2 aromatic carbocycles. The molecule has 0 unspecified atom stereocenters. The van der Waals surface area contributed by atoms with E-state index in [1.54, 1.807) is 37.3 Å². The molecule has 0 heterocycles. The number of hydrogen-bond acceptors (Lipinski definition) is 2. The Balaban J connectivity index is 2.23. The minimum Gasteiger partial charge on any atom is -0.357 e. The molecule has 0 aliphatic carbocycles. The number of nitrogens with one attached hydrogen (secondary N) is 1. The van der Waals surface area contributed by atoms with Crippen LogP contribution in [0.5, 0.6) is 0 Å². The second-order valence-corrected chi connectivity index (χ2v) is 6.68. The molecule has 2 amide bonds. The molecule has 4 nitrogen and oxygen atoms in total. The summed E-state index contributed by atoms with van der Waals surface area (Å²) in [5.41, 5.74) is 1.42. The lowest BCUT2D eigenvalue weighted by Gasteiger charge is -2.28. The molecular weight excluding hydrogens is 378 g/mol. The number of benzene rings is 2. The van der Waals surface area contributed by atoms with Crippen LogP contribution in [0.3, 0.4) is 0 Å². The maximum atomic E-state index is 13.1. The molecule has 0 aromatic heterocycles. The number of nitrogens with zero attached hydrogens (tertiary/aromatic N) is 1. The summed E-state index contributed by atoms with van der Waals surface area (Å²) in [5, 5.41) is 3.31. The van der Waals surface area contributed by atoms with Crippen molar-refractivity contribution in [3.63, 3.8) is 0 Å². The summed E-state index contributed by atoms with van der Waals surface area (Å²) >= 11 is 11.9. The third-order valence-corrected chi connectivity index (χ3v) is 4.76. The molecule has 26 heavy (non-hydrogen) atoms. The first kappa shape index (κ1) is 20.2. The van der Waals surface area contributed by atoms with E-state index >= 15 is 0 Å². The number of carbonyl (C=O) groups is 2. The maximum absolute atomic E-state index is 13.1. The van der Waals surface area contributed by atoms with E-state index in [1.165, 1.54) is 24.1 Å². The van der Waals surface area contributed by atoms with Gasteiger partial charge in [-0.2, -0.15) is 0 Å². The Morgan fingerprint density at radius 3 is 2.27 bits per heavy atom. The molecule has 0 saturated heterocycles. The molecule has 1 N–H and O–H groups in total. The number of halogens is 3. The zero-order valence-electron chi connectivity index (χ0n) is 14.4. The summed E-state index contributed by atoms with van der Waals surface area (Å²) in [6.07, 6.45) is 0.0689. The van der Waals surface area contributed by atoms with Crippen LogP contribution in [-0.4, -0.2) is 29.8 Å². The van der Waals surface area contributed by atoms with Gasteiger partial charge in [0.2, 0.25) is 11.8 Å². The van der Waals surface area contributed by atoms with Crippen molar-refractivity contribution in [2.45, 2.75) is 25.9 Å². The van der Waals surface area contributed by atoms with Crippen molar-refractivity contribution in [1.29, 1.82) is 0 Å². The minimum atomic E-state index is -0.680. The van der Waals surface area contributed by atoms with Gasteiger partial charge in [-0.3, -0.25) is 9.59 Å². The molecule has 0 spiro atoms. The molecule has 0 bridgehead atoms. The lowest BCUT2D eigenvalue weighted by Crippen LogP contribution is -2.47. The fraction of sp³-hybridized carbons (Fsp3) is 0.263. The van der Waals surface area contributed by atoms with E-state index in [2.05, 4.69) is 5.32 Å². The summed E-state index contributed by atoms with van der Waals surface area (Å²) in [6, 6.07) is 10.1. The molecule has 0 aliphatic heterocycles. The molecule has 138 valence electrons. The minimum absolute atomic E-state index is 0.0689. The van der Waals surface area contributed by atoms with Crippen LogP contribution >= 0.6 is 23.2 Å². The van der Waals surface area contributed by atoms with Crippen molar-refractivity contribution in [2.75, 3.05) is 7.05 Å². The van der Waals surface area contributed by atoms with Gasteiger partial charge in [-0.05, 0) is 42.3 Å². The summed E-state index contributed by atoms with van der Waals surface area (Å²) in [6.45, 7) is 1.84.